The fourth-order valence-corrected chi connectivity index (χ4v) is 3.64. The van der Waals surface area contributed by atoms with Gasteiger partial charge in [-0.1, -0.05) is 60.2 Å². The zero-order valence-electron chi connectivity index (χ0n) is 17.6. The molecule has 4 aromatic rings. The van der Waals surface area contributed by atoms with Gasteiger partial charge in [-0.2, -0.15) is 0 Å². The number of aromatic nitrogens is 4. The number of amides is 1. The van der Waals surface area contributed by atoms with Crippen LogP contribution in [-0.4, -0.2) is 24.6 Å². The summed E-state index contributed by atoms with van der Waals surface area (Å²) in [6.45, 7) is 1.91. The zero-order chi connectivity index (χ0) is 22.1. The Morgan fingerprint density at radius 3 is 2.29 bits per heavy atom. The first-order chi connectivity index (χ1) is 14.9. The van der Waals surface area contributed by atoms with Crippen molar-refractivity contribution in [2.24, 2.45) is 14.1 Å². The Morgan fingerprint density at radius 2 is 1.61 bits per heavy atom. The van der Waals surface area contributed by atoms with E-state index in [0.29, 0.717) is 0 Å². The van der Waals surface area contributed by atoms with Gasteiger partial charge in [-0.05, 0) is 18.1 Å². The van der Waals surface area contributed by atoms with Crippen LogP contribution in [0, 0.1) is 6.92 Å². The van der Waals surface area contributed by atoms with Crippen LogP contribution in [0.15, 0.2) is 70.5 Å². The van der Waals surface area contributed by atoms with Crippen LogP contribution in [0.1, 0.15) is 22.7 Å². The maximum Gasteiger partial charge on any atom is 0.332 e. The molecule has 0 aliphatic carbocycles. The van der Waals surface area contributed by atoms with Crippen molar-refractivity contribution in [1.82, 2.24) is 24.0 Å². The molecule has 2 heterocycles. The largest absolute Gasteiger partial charge is 0.344 e. The summed E-state index contributed by atoms with van der Waals surface area (Å²) >= 11 is 0. The Hall–Kier alpha value is -3.94. The van der Waals surface area contributed by atoms with Crippen molar-refractivity contribution >= 4 is 17.1 Å². The Bertz CT molecular complexity index is 1360. The van der Waals surface area contributed by atoms with Crippen molar-refractivity contribution in [3.05, 3.63) is 98.5 Å². The van der Waals surface area contributed by atoms with Gasteiger partial charge in [-0.25, -0.2) is 9.78 Å². The van der Waals surface area contributed by atoms with Gasteiger partial charge in [0.1, 0.15) is 6.54 Å². The predicted molar refractivity (Wildman–Crippen MR) is 118 cm³/mol. The molecule has 0 saturated carbocycles. The molecule has 2 aromatic heterocycles. The lowest BCUT2D eigenvalue weighted by atomic mass is 9.98. The lowest BCUT2D eigenvalue weighted by Gasteiger charge is -2.20. The molecule has 0 radical (unpaired) electrons. The van der Waals surface area contributed by atoms with Gasteiger partial charge < -0.3 is 9.88 Å². The highest BCUT2D eigenvalue weighted by atomic mass is 16.2. The SMILES string of the molecule is Cc1ccc([C@H](NC(=O)Cn2cnc3c2c(=O)n(C)c(=O)n3C)c2ccccc2)cc1. The van der Waals surface area contributed by atoms with Gasteiger partial charge in [0, 0.05) is 14.1 Å². The molecule has 0 aliphatic rings. The topological polar surface area (TPSA) is 90.9 Å². The van der Waals surface area contributed by atoms with E-state index >= 15 is 0 Å². The van der Waals surface area contributed by atoms with Gasteiger partial charge in [-0.3, -0.25) is 18.7 Å². The highest BCUT2D eigenvalue weighted by Crippen LogP contribution is 2.22. The highest BCUT2D eigenvalue weighted by Gasteiger charge is 2.19. The average Bonchev–Trinajstić information content (AvgIpc) is 3.19. The molecule has 31 heavy (non-hydrogen) atoms. The van der Waals surface area contributed by atoms with Crippen LogP contribution in [-0.2, 0) is 25.4 Å². The van der Waals surface area contributed by atoms with Crippen LogP contribution in [0.5, 0.6) is 0 Å². The Balaban J connectivity index is 1.67. The average molecular weight is 417 g/mol. The summed E-state index contributed by atoms with van der Waals surface area (Å²) in [5, 5.41) is 3.07. The molecule has 0 unspecified atom stereocenters. The molecule has 0 bridgehead atoms. The minimum absolute atomic E-state index is 0.0981. The van der Waals surface area contributed by atoms with E-state index in [4.69, 9.17) is 0 Å². The minimum Gasteiger partial charge on any atom is -0.344 e. The van der Waals surface area contributed by atoms with E-state index < -0.39 is 11.2 Å². The van der Waals surface area contributed by atoms with Gasteiger partial charge in [0.05, 0.1) is 12.4 Å². The van der Waals surface area contributed by atoms with Crippen LogP contribution in [0.2, 0.25) is 0 Å². The second-order valence-corrected chi connectivity index (χ2v) is 7.57. The quantitative estimate of drug-likeness (QED) is 0.535. The van der Waals surface area contributed by atoms with E-state index in [1.54, 1.807) is 7.05 Å². The van der Waals surface area contributed by atoms with Crippen LogP contribution in [0.4, 0.5) is 0 Å². The predicted octanol–water partition coefficient (Wildman–Crippen LogP) is 1.65. The van der Waals surface area contributed by atoms with Crippen molar-refractivity contribution in [2.75, 3.05) is 0 Å². The third-order valence-electron chi connectivity index (χ3n) is 5.38. The number of imidazole rings is 1. The summed E-state index contributed by atoms with van der Waals surface area (Å²) in [6.07, 6.45) is 1.41. The number of aryl methyl sites for hydroxylation is 2. The Labute approximate surface area is 178 Å². The zero-order valence-corrected chi connectivity index (χ0v) is 17.6. The third-order valence-corrected chi connectivity index (χ3v) is 5.38. The van der Waals surface area contributed by atoms with E-state index in [0.717, 1.165) is 21.3 Å². The number of fused-ring (bicyclic) bond motifs is 1. The lowest BCUT2D eigenvalue weighted by molar-refractivity contribution is -0.122. The number of nitrogens with zero attached hydrogens (tertiary/aromatic N) is 4. The van der Waals surface area contributed by atoms with E-state index in [1.807, 2.05) is 61.5 Å². The maximum absolute atomic E-state index is 13.0. The molecule has 158 valence electrons. The highest BCUT2D eigenvalue weighted by molar-refractivity contribution is 5.79. The number of hydrogen-bond acceptors (Lipinski definition) is 4. The number of benzene rings is 2. The van der Waals surface area contributed by atoms with E-state index in [-0.39, 0.29) is 29.7 Å². The molecule has 8 heteroatoms. The first-order valence-electron chi connectivity index (χ1n) is 9.88. The second-order valence-electron chi connectivity index (χ2n) is 7.57. The molecule has 0 fully saturated rings. The Kier molecular flexibility index (Phi) is 5.29. The van der Waals surface area contributed by atoms with E-state index in [2.05, 4.69) is 10.3 Å². The second kappa shape index (κ2) is 8.06. The lowest BCUT2D eigenvalue weighted by Crippen LogP contribution is -2.38. The van der Waals surface area contributed by atoms with Gasteiger partial charge in [0.2, 0.25) is 5.91 Å². The summed E-state index contributed by atoms with van der Waals surface area (Å²) in [5.41, 5.74) is 2.56. The number of carbonyl (C=O) groups excluding carboxylic acids is 1. The summed E-state index contributed by atoms with van der Waals surface area (Å²) < 4.78 is 3.78. The molecular formula is C23H23N5O3. The fraction of sp³-hybridized carbons (Fsp3) is 0.217. The van der Waals surface area contributed by atoms with Crippen molar-refractivity contribution in [1.29, 1.82) is 0 Å². The van der Waals surface area contributed by atoms with Gasteiger partial charge >= 0.3 is 5.69 Å². The summed E-state index contributed by atoms with van der Waals surface area (Å²) in [6, 6.07) is 17.4. The molecular weight excluding hydrogens is 394 g/mol. The monoisotopic (exact) mass is 417 g/mol. The van der Waals surface area contributed by atoms with Gasteiger partial charge in [0.15, 0.2) is 11.2 Å². The molecule has 8 nitrogen and oxygen atoms in total. The van der Waals surface area contributed by atoms with E-state index in [1.165, 1.54) is 22.5 Å². The first-order valence-corrected chi connectivity index (χ1v) is 9.88. The van der Waals surface area contributed by atoms with Crippen molar-refractivity contribution < 1.29 is 4.79 Å². The molecule has 0 aliphatic heterocycles. The number of hydrogen-bond donors (Lipinski definition) is 1. The summed E-state index contributed by atoms with van der Waals surface area (Å²) in [5.74, 6) is -0.273. The summed E-state index contributed by atoms with van der Waals surface area (Å²) in [4.78, 5) is 41.9. The maximum atomic E-state index is 13.0. The van der Waals surface area contributed by atoms with Crippen LogP contribution in [0.3, 0.4) is 0 Å². The first kappa shape index (κ1) is 20.3. The minimum atomic E-state index is -0.485. The van der Waals surface area contributed by atoms with Crippen molar-refractivity contribution in [3.8, 4) is 0 Å². The summed E-state index contributed by atoms with van der Waals surface area (Å²) in [7, 11) is 2.95. The van der Waals surface area contributed by atoms with E-state index in [9.17, 15) is 14.4 Å². The normalized spacial score (nSPS) is 12.1. The smallest absolute Gasteiger partial charge is 0.332 e. The Morgan fingerprint density at radius 1 is 0.968 bits per heavy atom. The standard InChI is InChI=1S/C23H23N5O3/c1-15-9-11-17(12-10-15)19(16-7-5-4-6-8-16)25-18(29)13-28-14-24-21-20(28)22(30)27(3)23(31)26(21)2/h4-12,14,19H,13H2,1-3H3,(H,25,29)/t19-/m1/s1. The number of nitrogens with one attached hydrogen (secondary N) is 1. The van der Waals surface area contributed by atoms with Crippen molar-refractivity contribution in [3.63, 3.8) is 0 Å². The van der Waals surface area contributed by atoms with Crippen molar-refractivity contribution in [2.45, 2.75) is 19.5 Å². The molecule has 1 amide bonds. The van der Waals surface area contributed by atoms with Crippen LogP contribution < -0.4 is 16.6 Å². The molecule has 1 N–H and O–H groups in total. The molecule has 4 rings (SSSR count). The molecule has 1 atom stereocenters. The fourth-order valence-electron chi connectivity index (χ4n) is 3.64. The third kappa shape index (κ3) is 3.79. The molecule has 0 saturated heterocycles. The number of carbonyl (C=O) groups is 1. The molecule has 2 aromatic carbocycles. The molecule has 0 spiro atoms. The van der Waals surface area contributed by atoms with Gasteiger partial charge in [-0.15, -0.1) is 0 Å². The number of rotatable bonds is 5. The van der Waals surface area contributed by atoms with Crippen LogP contribution in [0.25, 0.3) is 11.2 Å². The van der Waals surface area contributed by atoms with Gasteiger partial charge in [0.25, 0.3) is 5.56 Å². The van der Waals surface area contributed by atoms with Crippen LogP contribution >= 0.6 is 0 Å².